The maximum absolute atomic E-state index is 12.0. The first kappa shape index (κ1) is 12.5. The molecule has 0 unspecified atom stereocenters. The highest BCUT2D eigenvalue weighted by atomic mass is 16.5. The summed E-state index contributed by atoms with van der Waals surface area (Å²) < 4.78 is 7.01. The quantitative estimate of drug-likeness (QED) is 0.776. The number of nitrogens with zero attached hydrogens (tertiary/aromatic N) is 3. The van der Waals surface area contributed by atoms with Crippen LogP contribution >= 0.6 is 0 Å². The summed E-state index contributed by atoms with van der Waals surface area (Å²) in [4.78, 5) is 20.5. The Balaban J connectivity index is 2.53. The Morgan fingerprint density at radius 3 is 2.83 bits per heavy atom. The normalized spacial score (nSPS) is 11.8. The predicted molar refractivity (Wildman–Crippen MR) is 68.2 cm³/mol. The highest BCUT2D eigenvalue weighted by Gasteiger charge is 2.36. The summed E-state index contributed by atoms with van der Waals surface area (Å²) in [6, 6.07) is 1.88. The van der Waals surface area contributed by atoms with Crippen molar-refractivity contribution >= 4 is 17.0 Å². The van der Waals surface area contributed by atoms with Gasteiger partial charge in [-0.1, -0.05) is 0 Å². The highest BCUT2D eigenvalue weighted by Crippen LogP contribution is 2.26. The largest absolute Gasteiger partial charge is 0.465 e. The molecule has 0 aliphatic heterocycles. The zero-order valence-electron chi connectivity index (χ0n) is 11.1. The van der Waals surface area contributed by atoms with Crippen LogP contribution in [0.5, 0.6) is 0 Å². The average molecular weight is 247 g/mol. The number of fused-ring (bicyclic) bond motifs is 1. The van der Waals surface area contributed by atoms with Gasteiger partial charge in [0, 0.05) is 13.2 Å². The van der Waals surface area contributed by atoms with E-state index in [0.717, 1.165) is 11.0 Å². The summed E-state index contributed by atoms with van der Waals surface area (Å²) in [7, 11) is 1.89. The van der Waals surface area contributed by atoms with Crippen LogP contribution in [0.15, 0.2) is 18.5 Å². The SMILES string of the molecule is CCOC(=O)C(C)(C)c1nc2cnccc2n1C. The predicted octanol–water partition coefficient (Wildman–Crippen LogP) is 1.81. The van der Waals surface area contributed by atoms with Gasteiger partial charge in [-0.25, -0.2) is 4.98 Å². The molecule has 0 N–H and O–H groups in total. The number of hydrogen-bond acceptors (Lipinski definition) is 4. The fourth-order valence-corrected chi connectivity index (χ4v) is 2.01. The minimum absolute atomic E-state index is 0.267. The summed E-state index contributed by atoms with van der Waals surface area (Å²) in [5.41, 5.74) is 0.966. The van der Waals surface area contributed by atoms with E-state index < -0.39 is 5.41 Å². The molecule has 0 aliphatic rings. The molecule has 18 heavy (non-hydrogen) atoms. The lowest BCUT2D eigenvalue weighted by Gasteiger charge is -2.21. The van der Waals surface area contributed by atoms with Crippen LogP contribution in [-0.2, 0) is 22.0 Å². The van der Waals surface area contributed by atoms with Crippen LogP contribution in [0.1, 0.15) is 26.6 Å². The smallest absolute Gasteiger partial charge is 0.319 e. The van der Waals surface area contributed by atoms with Crippen molar-refractivity contribution in [2.45, 2.75) is 26.2 Å². The molecule has 0 fully saturated rings. The second-order valence-electron chi connectivity index (χ2n) is 4.70. The van der Waals surface area contributed by atoms with E-state index in [1.165, 1.54) is 0 Å². The zero-order valence-corrected chi connectivity index (χ0v) is 11.1. The van der Waals surface area contributed by atoms with Gasteiger partial charge >= 0.3 is 5.97 Å². The van der Waals surface area contributed by atoms with Crippen LogP contribution in [0.2, 0.25) is 0 Å². The number of ether oxygens (including phenoxy) is 1. The maximum atomic E-state index is 12.0. The summed E-state index contributed by atoms with van der Waals surface area (Å²) in [5.74, 6) is 0.417. The van der Waals surface area contributed by atoms with Gasteiger partial charge in [-0.2, -0.15) is 0 Å². The third-order valence-corrected chi connectivity index (χ3v) is 3.03. The second-order valence-corrected chi connectivity index (χ2v) is 4.70. The molecular weight excluding hydrogens is 230 g/mol. The summed E-state index contributed by atoms with van der Waals surface area (Å²) in [5, 5.41) is 0. The van der Waals surface area contributed by atoms with Crippen LogP contribution in [0.3, 0.4) is 0 Å². The molecule has 0 bridgehead atoms. The van der Waals surface area contributed by atoms with Gasteiger partial charge in [0.25, 0.3) is 0 Å². The lowest BCUT2D eigenvalue weighted by molar-refractivity contribution is -0.149. The van der Waals surface area contributed by atoms with Crippen molar-refractivity contribution in [3.05, 3.63) is 24.3 Å². The lowest BCUT2D eigenvalue weighted by Crippen LogP contribution is -2.33. The summed E-state index contributed by atoms with van der Waals surface area (Å²) in [6.07, 6.45) is 3.41. The van der Waals surface area contributed by atoms with Crippen molar-refractivity contribution in [2.75, 3.05) is 6.61 Å². The molecule has 0 atom stereocenters. The zero-order chi connectivity index (χ0) is 13.3. The molecule has 0 saturated carbocycles. The van der Waals surface area contributed by atoms with Crippen molar-refractivity contribution in [3.8, 4) is 0 Å². The number of esters is 1. The number of pyridine rings is 1. The molecule has 0 radical (unpaired) electrons. The molecule has 2 heterocycles. The van der Waals surface area contributed by atoms with Gasteiger partial charge in [0.1, 0.15) is 16.8 Å². The van der Waals surface area contributed by atoms with Gasteiger partial charge in [0.05, 0.1) is 18.3 Å². The van der Waals surface area contributed by atoms with E-state index in [9.17, 15) is 4.79 Å². The number of hydrogen-bond donors (Lipinski definition) is 0. The van der Waals surface area contributed by atoms with Crippen LogP contribution in [-0.4, -0.2) is 27.1 Å². The van der Waals surface area contributed by atoms with Gasteiger partial charge in [0.2, 0.25) is 0 Å². The Morgan fingerprint density at radius 1 is 1.50 bits per heavy atom. The van der Waals surface area contributed by atoms with E-state index in [-0.39, 0.29) is 5.97 Å². The molecule has 5 nitrogen and oxygen atoms in total. The van der Waals surface area contributed by atoms with E-state index in [2.05, 4.69) is 9.97 Å². The third kappa shape index (κ3) is 1.85. The summed E-state index contributed by atoms with van der Waals surface area (Å²) in [6.45, 7) is 5.81. The minimum Gasteiger partial charge on any atom is -0.465 e. The average Bonchev–Trinajstić information content (AvgIpc) is 2.68. The van der Waals surface area contributed by atoms with Gasteiger partial charge in [-0.05, 0) is 26.8 Å². The Bertz CT molecular complexity index is 587. The first-order valence-electron chi connectivity index (χ1n) is 5.92. The number of aryl methyl sites for hydroxylation is 1. The Morgan fingerprint density at radius 2 is 2.22 bits per heavy atom. The fourth-order valence-electron chi connectivity index (χ4n) is 2.01. The Hall–Kier alpha value is -1.91. The second kappa shape index (κ2) is 4.40. The third-order valence-electron chi connectivity index (χ3n) is 3.03. The molecule has 2 aromatic heterocycles. The van der Waals surface area contributed by atoms with E-state index >= 15 is 0 Å². The minimum atomic E-state index is -0.774. The molecule has 5 heteroatoms. The molecule has 2 aromatic rings. The van der Waals surface area contributed by atoms with Crippen LogP contribution < -0.4 is 0 Å². The van der Waals surface area contributed by atoms with E-state index in [0.29, 0.717) is 12.4 Å². The molecule has 0 saturated heterocycles. The van der Waals surface area contributed by atoms with Gasteiger partial charge in [0.15, 0.2) is 0 Å². The molecular formula is C13H17N3O2. The van der Waals surface area contributed by atoms with Crippen molar-refractivity contribution in [1.82, 2.24) is 14.5 Å². The van der Waals surface area contributed by atoms with Gasteiger partial charge in [-0.15, -0.1) is 0 Å². The number of carbonyl (C=O) groups is 1. The molecule has 2 rings (SSSR count). The maximum Gasteiger partial charge on any atom is 0.319 e. The molecule has 0 aromatic carbocycles. The fraction of sp³-hybridized carbons (Fsp3) is 0.462. The van der Waals surface area contributed by atoms with E-state index in [4.69, 9.17) is 4.74 Å². The Kier molecular flexibility index (Phi) is 3.07. The highest BCUT2D eigenvalue weighted by molar-refractivity contribution is 5.83. The number of imidazole rings is 1. The number of aromatic nitrogens is 3. The van der Waals surface area contributed by atoms with Crippen LogP contribution in [0, 0.1) is 0 Å². The van der Waals surface area contributed by atoms with Gasteiger partial charge < -0.3 is 9.30 Å². The van der Waals surface area contributed by atoms with Crippen molar-refractivity contribution in [2.24, 2.45) is 7.05 Å². The lowest BCUT2D eigenvalue weighted by atomic mass is 9.92. The first-order chi connectivity index (χ1) is 8.48. The summed E-state index contributed by atoms with van der Waals surface area (Å²) >= 11 is 0. The standard InChI is InChI=1S/C13H17N3O2/c1-5-18-12(17)13(2,3)11-15-9-8-14-7-6-10(9)16(11)4/h6-8H,5H2,1-4H3. The van der Waals surface area contributed by atoms with Gasteiger partial charge in [-0.3, -0.25) is 9.78 Å². The van der Waals surface area contributed by atoms with E-state index in [1.807, 2.05) is 31.5 Å². The number of rotatable bonds is 3. The van der Waals surface area contributed by atoms with Crippen LogP contribution in [0.4, 0.5) is 0 Å². The molecule has 96 valence electrons. The van der Waals surface area contributed by atoms with Crippen molar-refractivity contribution in [3.63, 3.8) is 0 Å². The topological polar surface area (TPSA) is 57.0 Å². The first-order valence-corrected chi connectivity index (χ1v) is 5.92. The monoisotopic (exact) mass is 247 g/mol. The molecule has 0 spiro atoms. The van der Waals surface area contributed by atoms with Crippen LogP contribution in [0.25, 0.3) is 11.0 Å². The molecule has 0 amide bonds. The van der Waals surface area contributed by atoms with E-state index in [1.54, 1.807) is 19.3 Å². The van der Waals surface area contributed by atoms with Crippen molar-refractivity contribution in [1.29, 1.82) is 0 Å². The van der Waals surface area contributed by atoms with Crippen molar-refractivity contribution < 1.29 is 9.53 Å². The number of carbonyl (C=O) groups excluding carboxylic acids is 1. The molecule has 0 aliphatic carbocycles. The Labute approximate surface area is 106 Å².